The Kier molecular flexibility index (Phi) is 2.72. The molecule has 0 saturated heterocycles. The molecule has 4 heteroatoms. The summed E-state index contributed by atoms with van der Waals surface area (Å²) in [6.45, 7) is 0. The van der Waals surface area contributed by atoms with E-state index in [0.29, 0.717) is 5.89 Å². The van der Waals surface area contributed by atoms with E-state index in [1.807, 2.05) is 24.3 Å². The van der Waals surface area contributed by atoms with E-state index in [9.17, 15) is 4.79 Å². The lowest BCUT2D eigenvalue weighted by atomic mass is 10.3. The molecule has 0 aliphatic rings. The van der Waals surface area contributed by atoms with E-state index in [0.717, 1.165) is 11.1 Å². The van der Waals surface area contributed by atoms with Crippen molar-refractivity contribution in [3.05, 3.63) is 36.2 Å². The van der Waals surface area contributed by atoms with Crippen LogP contribution in [0.2, 0.25) is 0 Å². The van der Waals surface area contributed by atoms with Crippen LogP contribution in [-0.4, -0.2) is 29.9 Å². The van der Waals surface area contributed by atoms with Gasteiger partial charge in [-0.1, -0.05) is 12.1 Å². The monoisotopic (exact) mass is 216 g/mol. The number of hydrogen-bond donors (Lipinski definition) is 0. The first-order valence-corrected chi connectivity index (χ1v) is 4.92. The second-order valence-electron chi connectivity index (χ2n) is 3.59. The Bertz CT molecular complexity index is 508. The van der Waals surface area contributed by atoms with Crippen LogP contribution in [0.3, 0.4) is 0 Å². The van der Waals surface area contributed by atoms with Crippen molar-refractivity contribution in [1.82, 2.24) is 9.88 Å². The zero-order valence-corrected chi connectivity index (χ0v) is 9.18. The van der Waals surface area contributed by atoms with Gasteiger partial charge in [0.15, 0.2) is 5.58 Å². The first-order chi connectivity index (χ1) is 7.66. The lowest BCUT2D eigenvalue weighted by molar-refractivity contribution is -0.123. The van der Waals surface area contributed by atoms with Crippen molar-refractivity contribution in [3.63, 3.8) is 0 Å². The summed E-state index contributed by atoms with van der Waals surface area (Å²) in [5.41, 5.74) is 1.51. The molecule has 82 valence electrons. The number of amides is 1. The number of oxazole rings is 1. The van der Waals surface area contributed by atoms with Crippen LogP contribution in [0.4, 0.5) is 0 Å². The third-order valence-corrected chi connectivity index (χ3v) is 2.12. The number of likely N-dealkylation sites (N-methyl/N-ethyl adjacent to an activating group) is 1. The molecule has 1 heterocycles. The largest absolute Gasteiger partial charge is 0.437 e. The summed E-state index contributed by atoms with van der Waals surface area (Å²) in [6, 6.07) is 7.48. The number of carbonyl (C=O) groups excluding carboxylic acids is 1. The van der Waals surface area contributed by atoms with Gasteiger partial charge < -0.3 is 9.32 Å². The number of fused-ring (bicyclic) bond motifs is 1. The zero-order valence-electron chi connectivity index (χ0n) is 9.18. The molecule has 0 aliphatic heterocycles. The van der Waals surface area contributed by atoms with E-state index in [1.165, 1.54) is 11.0 Å². The molecule has 0 aliphatic carbocycles. The number of hydrogen-bond acceptors (Lipinski definition) is 3. The van der Waals surface area contributed by atoms with Crippen molar-refractivity contribution in [1.29, 1.82) is 0 Å². The van der Waals surface area contributed by atoms with E-state index in [-0.39, 0.29) is 5.91 Å². The lowest BCUT2D eigenvalue weighted by Gasteiger charge is -2.04. The van der Waals surface area contributed by atoms with E-state index in [2.05, 4.69) is 4.98 Å². The van der Waals surface area contributed by atoms with E-state index in [4.69, 9.17) is 4.42 Å². The molecule has 0 bridgehead atoms. The van der Waals surface area contributed by atoms with Crippen LogP contribution in [0.1, 0.15) is 5.89 Å². The molecule has 2 rings (SSSR count). The van der Waals surface area contributed by atoms with Crippen LogP contribution in [-0.2, 0) is 4.79 Å². The van der Waals surface area contributed by atoms with Crippen LogP contribution >= 0.6 is 0 Å². The van der Waals surface area contributed by atoms with Crippen molar-refractivity contribution in [3.8, 4) is 0 Å². The molecule has 0 atom stereocenters. The first-order valence-electron chi connectivity index (χ1n) is 4.92. The van der Waals surface area contributed by atoms with Crippen LogP contribution in [0.5, 0.6) is 0 Å². The van der Waals surface area contributed by atoms with Crippen molar-refractivity contribution < 1.29 is 9.21 Å². The predicted molar refractivity (Wildman–Crippen MR) is 61.7 cm³/mol. The Hall–Kier alpha value is -2.10. The third-order valence-electron chi connectivity index (χ3n) is 2.12. The molecule has 2 aromatic rings. The minimum absolute atomic E-state index is 0.0951. The molecule has 0 N–H and O–H groups in total. The number of nitrogens with zero attached hydrogens (tertiary/aromatic N) is 2. The summed E-state index contributed by atoms with van der Waals surface area (Å²) < 4.78 is 5.43. The maximum atomic E-state index is 11.3. The Morgan fingerprint density at radius 1 is 1.38 bits per heavy atom. The molecular formula is C12H12N2O2. The van der Waals surface area contributed by atoms with Crippen molar-refractivity contribution >= 4 is 23.1 Å². The molecule has 0 radical (unpaired) electrons. The molecule has 0 spiro atoms. The third kappa shape index (κ3) is 2.11. The normalized spacial score (nSPS) is 11.1. The van der Waals surface area contributed by atoms with Crippen LogP contribution < -0.4 is 0 Å². The van der Waals surface area contributed by atoms with Crippen LogP contribution in [0.15, 0.2) is 34.8 Å². The predicted octanol–water partition coefficient (Wildman–Crippen LogP) is 1.93. The molecular weight excluding hydrogens is 204 g/mol. The Balaban J connectivity index is 2.25. The number of benzene rings is 1. The van der Waals surface area contributed by atoms with E-state index < -0.39 is 0 Å². The van der Waals surface area contributed by atoms with Gasteiger partial charge in [0.05, 0.1) is 0 Å². The van der Waals surface area contributed by atoms with Gasteiger partial charge in [-0.05, 0) is 12.1 Å². The molecule has 0 unspecified atom stereocenters. The minimum atomic E-state index is -0.0951. The maximum Gasteiger partial charge on any atom is 0.246 e. The SMILES string of the molecule is CN(C)C(=O)/C=C\c1nc2ccccc2o1. The number of rotatable bonds is 2. The standard InChI is InChI=1S/C12H12N2O2/c1-14(2)12(15)8-7-11-13-9-5-3-4-6-10(9)16-11/h3-8H,1-2H3/b8-7-. The summed E-state index contributed by atoms with van der Waals surface area (Å²) in [7, 11) is 3.39. The fraction of sp³-hybridized carbons (Fsp3) is 0.167. The molecule has 16 heavy (non-hydrogen) atoms. The number of carbonyl (C=O) groups is 1. The first kappa shape index (κ1) is 10.4. The van der Waals surface area contributed by atoms with Gasteiger partial charge in [0.2, 0.25) is 11.8 Å². The molecule has 1 amide bonds. The Morgan fingerprint density at radius 2 is 2.12 bits per heavy atom. The molecule has 0 fully saturated rings. The second kappa shape index (κ2) is 4.18. The lowest BCUT2D eigenvalue weighted by Crippen LogP contribution is -2.18. The zero-order chi connectivity index (χ0) is 11.5. The summed E-state index contributed by atoms with van der Waals surface area (Å²) in [5.74, 6) is 0.346. The number of aromatic nitrogens is 1. The Morgan fingerprint density at radius 3 is 2.81 bits per heavy atom. The van der Waals surface area contributed by atoms with Gasteiger partial charge in [0.25, 0.3) is 0 Å². The highest BCUT2D eigenvalue weighted by atomic mass is 16.3. The summed E-state index contributed by atoms with van der Waals surface area (Å²) in [5, 5.41) is 0. The van der Waals surface area contributed by atoms with Crippen molar-refractivity contribution in [2.24, 2.45) is 0 Å². The van der Waals surface area contributed by atoms with Crippen LogP contribution in [0.25, 0.3) is 17.2 Å². The highest BCUT2D eigenvalue weighted by molar-refractivity contribution is 5.91. The highest BCUT2D eigenvalue weighted by Gasteiger charge is 2.02. The van der Waals surface area contributed by atoms with Gasteiger partial charge >= 0.3 is 0 Å². The topological polar surface area (TPSA) is 46.3 Å². The molecule has 1 aromatic heterocycles. The molecule has 1 aromatic carbocycles. The highest BCUT2D eigenvalue weighted by Crippen LogP contribution is 2.15. The fourth-order valence-corrected chi connectivity index (χ4v) is 1.25. The molecule has 0 saturated carbocycles. The van der Waals surface area contributed by atoms with Crippen molar-refractivity contribution in [2.75, 3.05) is 14.1 Å². The van der Waals surface area contributed by atoms with Gasteiger partial charge in [-0.3, -0.25) is 4.79 Å². The maximum absolute atomic E-state index is 11.3. The Labute approximate surface area is 93.2 Å². The van der Waals surface area contributed by atoms with E-state index >= 15 is 0 Å². The number of para-hydroxylation sites is 2. The van der Waals surface area contributed by atoms with Gasteiger partial charge in [0.1, 0.15) is 5.52 Å². The molecule has 4 nitrogen and oxygen atoms in total. The fourth-order valence-electron chi connectivity index (χ4n) is 1.25. The van der Waals surface area contributed by atoms with Gasteiger partial charge in [-0.2, -0.15) is 0 Å². The smallest absolute Gasteiger partial charge is 0.246 e. The average molecular weight is 216 g/mol. The average Bonchev–Trinajstić information content (AvgIpc) is 2.68. The summed E-state index contributed by atoms with van der Waals surface area (Å²) >= 11 is 0. The second-order valence-corrected chi connectivity index (χ2v) is 3.59. The summed E-state index contributed by atoms with van der Waals surface area (Å²) in [4.78, 5) is 17.0. The summed E-state index contributed by atoms with van der Waals surface area (Å²) in [6.07, 6.45) is 3.01. The van der Waals surface area contributed by atoms with Gasteiger partial charge in [-0.15, -0.1) is 0 Å². The van der Waals surface area contributed by atoms with Gasteiger partial charge in [-0.25, -0.2) is 4.98 Å². The minimum Gasteiger partial charge on any atom is -0.437 e. The van der Waals surface area contributed by atoms with Crippen molar-refractivity contribution in [2.45, 2.75) is 0 Å². The van der Waals surface area contributed by atoms with Gasteiger partial charge in [0, 0.05) is 26.2 Å². The quantitative estimate of drug-likeness (QED) is 0.720. The van der Waals surface area contributed by atoms with E-state index in [1.54, 1.807) is 20.2 Å². The van der Waals surface area contributed by atoms with Crippen LogP contribution in [0, 0.1) is 0 Å².